The summed E-state index contributed by atoms with van der Waals surface area (Å²) in [5.41, 5.74) is 9.99. The molecule has 1 aromatic carbocycles. The number of fused-ring (bicyclic) bond motifs is 1. The molecule has 212 valence electrons. The molecular weight excluding hydrogens is 490 g/mol. The molecule has 4 rings (SSSR count). The van der Waals surface area contributed by atoms with Crippen LogP contribution in [0.1, 0.15) is 93.4 Å². The number of nitrogens with one attached hydrogen (secondary N) is 1. The van der Waals surface area contributed by atoms with Crippen LogP contribution in [-0.2, 0) is 24.3 Å². The Bertz CT molecular complexity index is 1140. The maximum Gasteiger partial charge on any atom is 0.161 e. The lowest BCUT2D eigenvalue weighted by molar-refractivity contribution is -0.00377. The van der Waals surface area contributed by atoms with Gasteiger partial charge in [-0.15, -0.1) is 0 Å². The highest BCUT2D eigenvalue weighted by molar-refractivity contribution is 5.55. The lowest BCUT2D eigenvalue weighted by Gasteiger charge is -2.24. The molecule has 1 aliphatic carbocycles. The Morgan fingerprint density at radius 3 is 2.79 bits per heavy atom. The normalized spacial score (nSPS) is 21.2. The maximum absolute atomic E-state index is 11.0. The second kappa shape index (κ2) is 14.6. The van der Waals surface area contributed by atoms with Gasteiger partial charge in [-0.1, -0.05) is 31.3 Å². The molecule has 0 unspecified atom stereocenters. The van der Waals surface area contributed by atoms with Gasteiger partial charge in [-0.05, 0) is 89.0 Å². The van der Waals surface area contributed by atoms with Crippen LogP contribution in [0, 0.1) is 17.8 Å². The van der Waals surface area contributed by atoms with Crippen molar-refractivity contribution in [3.8, 4) is 23.3 Å². The quantitative estimate of drug-likeness (QED) is 0.325. The number of hydrogen-bond acceptors (Lipinski definition) is 7. The average Bonchev–Trinajstić information content (AvgIpc) is 2.96. The summed E-state index contributed by atoms with van der Waals surface area (Å²) in [6, 6.07) is 5.55. The highest BCUT2D eigenvalue weighted by atomic mass is 16.5. The van der Waals surface area contributed by atoms with Crippen LogP contribution in [-0.4, -0.2) is 40.6 Å². The predicted molar refractivity (Wildman–Crippen MR) is 154 cm³/mol. The van der Waals surface area contributed by atoms with Crippen LogP contribution in [0.3, 0.4) is 0 Å². The predicted octanol–water partition coefficient (Wildman–Crippen LogP) is 5.24. The summed E-state index contributed by atoms with van der Waals surface area (Å²) in [5.74, 6) is 8.26. The van der Waals surface area contributed by atoms with Crippen LogP contribution in [0.5, 0.6) is 11.5 Å². The second-order valence-electron chi connectivity index (χ2n) is 11.2. The van der Waals surface area contributed by atoms with Crippen molar-refractivity contribution >= 4 is 5.82 Å². The summed E-state index contributed by atoms with van der Waals surface area (Å²) < 4.78 is 12.5. The number of aryl methyl sites for hydroxylation is 1. The third kappa shape index (κ3) is 8.60. The Kier molecular flexibility index (Phi) is 10.9. The Morgan fingerprint density at radius 2 is 2.00 bits per heavy atom. The van der Waals surface area contributed by atoms with Crippen LogP contribution in [0.15, 0.2) is 24.4 Å². The van der Waals surface area contributed by atoms with E-state index in [4.69, 9.17) is 15.2 Å². The first-order valence-corrected chi connectivity index (χ1v) is 14.6. The van der Waals surface area contributed by atoms with E-state index in [1.807, 2.05) is 19.2 Å². The minimum absolute atomic E-state index is 0.0616. The molecule has 5 N–H and O–H groups in total. The monoisotopic (exact) mass is 535 g/mol. The topological polar surface area (TPSA) is 110 Å². The molecule has 2 aliphatic rings. The van der Waals surface area contributed by atoms with Gasteiger partial charge in [0.15, 0.2) is 11.5 Å². The summed E-state index contributed by atoms with van der Waals surface area (Å²) in [6.07, 6.45) is 11.9. The van der Waals surface area contributed by atoms with E-state index in [9.17, 15) is 10.2 Å². The van der Waals surface area contributed by atoms with E-state index in [0.717, 1.165) is 54.4 Å². The summed E-state index contributed by atoms with van der Waals surface area (Å²) in [4.78, 5) is 4.39. The fraction of sp³-hybridized carbons (Fsp3) is 0.594. The molecule has 0 saturated heterocycles. The number of ether oxygens (including phenoxy) is 2. The number of hydrogen-bond donors (Lipinski definition) is 4. The van der Waals surface area contributed by atoms with Crippen molar-refractivity contribution in [3.63, 3.8) is 0 Å². The molecule has 3 atom stereocenters. The van der Waals surface area contributed by atoms with Gasteiger partial charge in [0, 0.05) is 35.3 Å². The zero-order chi connectivity index (χ0) is 27.6. The first-order chi connectivity index (χ1) is 18.9. The van der Waals surface area contributed by atoms with Crippen LogP contribution in [0.25, 0.3) is 0 Å². The maximum atomic E-state index is 11.0. The van der Waals surface area contributed by atoms with E-state index in [0.29, 0.717) is 44.0 Å². The number of nitrogens with two attached hydrogens (primary N) is 1. The van der Waals surface area contributed by atoms with Gasteiger partial charge in [-0.3, -0.25) is 0 Å². The lowest BCUT2D eigenvalue weighted by atomic mass is 9.97. The van der Waals surface area contributed by atoms with Gasteiger partial charge in [0.05, 0.1) is 24.9 Å². The summed E-state index contributed by atoms with van der Waals surface area (Å²) in [5, 5.41) is 24.4. The van der Waals surface area contributed by atoms with E-state index in [1.54, 1.807) is 12.3 Å². The van der Waals surface area contributed by atoms with Gasteiger partial charge in [-0.25, -0.2) is 4.98 Å². The smallest absolute Gasteiger partial charge is 0.161 e. The van der Waals surface area contributed by atoms with Crippen LogP contribution >= 0.6 is 0 Å². The summed E-state index contributed by atoms with van der Waals surface area (Å²) in [6.45, 7) is 3.14. The molecule has 0 radical (unpaired) electrons. The first kappa shape index (κ1) is 29.2. The number of benzene rings is 1. The fourth-order valence-electron chi connectivity index (χ4n) is 5.55. The number of aliphatic hydroxyl groups excluding tert-OH is 1. The Morgan fingerprint density at radius 1 is 1.18 bits per heavy atom. The van der Waals surface area contributed by atoms with E-state index in [1.165, 1.54) is 19.3 Å². The molecule has 1 aromatic heterocycles. The molecule has 7 heteroatoms. The third-order valence-corrected chi connectivity index (χ3v) is 7.90. The van der Waals surface area contributed by atoms with Gasteiger partial charge < -0.3 is 30.7 Å². The minimum atomic E-state index is -0.491. The molecule has 0 bridgehead atoms. The molecule has 1 aliphatic heterocycles. The molecule has 2 aromatic rings. The standard InChI is InChI=1S/C32H45N3O4/c1-22-7-6-10-27(38-21-24-19-35-32(33)29(20-34-2)28(24)15-11-22)18-25(36)14-12-23-13-16-30(37)31(17-23)39-26-8-4-3-5-9-26/h13,16-17,19,22,25-27,34,36-37H,3-10,12,14,18,20-21H2,1-2H3,(H2,33,35)/t22-,25-,27+/m1/s1. The number of nitrogen functional groups attached to an aromatic ring is 1. The van der Waals surface area contributed by atoms with Gasteiger partial charge in [0.2, 0.25) is 0 Å². The molecule has 7 nitrogen and oxygen atoms in total. The van der Waals surface area contributed by atoms with Crippen molar-refractivity contribution < 1.29 is 19.7 Å². The number of nitrogens with zero attached hydrogens (tertiary/aromatic N) is 1. The fourth-order valence-corrected chi connectivity index (χ4v) is 5.55. The van der Waals surface area contributed by atoms with Gasteiger partial charge in [0.1, 0.15) is 5.82 Å². The van der Waals surface area contributed by atoms with E-state index in [2.05, 4.69) is 29.1 Å². The highest BCUT2D eigenvalue weighted by Gasteiger charge is 2.20. The summed E-state index contributed by atoms with van der Waals surface area (Å²) >= 11 is 0. The van der Waals surface area contributed by atoms with Crippen molar-refractivity contribution in [1.82, 2.24) is 10.3 Å². The number of pyridine rings is 1. The van der Waals surface area contributed by atoms with Crippen molar-refractivity contribution in [3.05, 3.63) is 46.6 Å². The van der Waals surface area contributed by atoms with Crippen molar-refractivity contribution in [2.24, 2.45) is 5.92 Å². The summed E-state index contributed by atoms with van der Waals surface area (Å²) in [7, 11) is 1.89. The average molecular weight is 536 g/mol. The SMILES string of the molecule is CNCc1c(N)ncc2c1C#C[C@H](C)CCC[C@@H](C[C@H](O)CCc1ccc(O)c(OC3CCCCC3)c1)OC2. The van der Waals surface area contributed by atoms with Crippen LogP contribution < -0.4 is 15.8 Å². The molecule has 1 saturated carbocycles. The van der Waals surface area contributed by atoms with Gasteiger partial charge in [0.25, 0.3) is 0 Å². The Hall–Kier alpha value is -2.79. The second-order valence-corrected chi connectivity index (χ2v) is 11.2. The van der Waals surface area contributed by atoms with Crippen molar-refractivity contribution in [2.45, 2.75) is 109 Å². The number of aromatic nitrogens is 1. The molecule has 1 fully saturated rings. The highest BCUT2D eigenvalue weighted by Crippen LogP contribution is 2.32. The molecule has 0 spiro atoms. The largest absolute Gasteiger partial charge is 0.504 e. The third-order valence-electron chi connectivity index (χ3n) is 7.90. The lowest BCUT2D eigenvalue weighted by Crippen LogP contribution is -2.22. The van der Waals surface area contributed by atoms with E-state index < -0.39 is 6.10 Å². The number of anilines is 1. The van der Waals surface area contributed by atoms with E-state index in [-0.39, 0.29) is 23.9 Å². The van der Waals surface area contributed by atoms with Gasteiger partial charge in [-0.2, -0.15) is 0 Å². The first-order valence-electron chi connectivity index (χ1n) is 14.6. The van der Waals surface area contributed by atoms with Crippen LogP contribution in [0.4, 0.5) is 5.82 Å². The molecule has 2 heterocycles. The van der Waals surface area contributed by atoms with Gasteiger partial charge >= 0.3 is 0 Å². The molecular formula is C32H45N3O4. The Labute approximate surface area is 233 Å². The minimum Gasteiger partial charge on any atom is -0.504 e. The van der Waals surface area contributed by atoms with E-state index >= 15 is 0 Å². The number of phenolic OH excluding ortho intramolecular Hbond substituents is 1. The van der Waals surface area contributed by atoms with Crippen molar-refractivity contribution in [2.75, 3.05) is 12.8 Å². The number of rotatable bonds is 9. The Balaban J connectivity index is 1.37. The zero-order valence-electron chi connectivity index (χ0n) is 23.5. The van der Waals surface area contributed by atoms with Crippen molar-refractivity contribution in [1.29, 1.82) is 0 Å². The molecule has 39 heavy (non-hydrogen) atoms. The molecule has 0 amide bonds. The van der Waals surface area contributed by atoms with Crippen LogP contribution in [0.2, 0.25) is 0 Å². The number of aliphatic hydroxyl groups is 1. The zero-order valence-corrected chi connectivity index (χ0v) is 23.5. The number of aromatic hydroxyl groups is 1. The number of phenols is 1.